The van der Waals surface area contributed by atoms with Gasteiger partial charge in [-0.15, -0.1) is 0 Å². The van der Waals surface area contributed by atoms with Crippen LogP contribution in [0.2, 0.25) is 0 Å². The lowest BCUT2D eigenvalue weighted by atomic mass is 9.95. The summed E-state index contributed by atoms with van der Waals surface area (Å²) >= 11 is 1.33. The number of carbonyl (C=O) groups excluding carboxylic acids is 1. The molecule has 1 atom stereocenters. The summed E-state index contributed by atoms with van der Waals surface area (Å²) in [5.41, 5.74) is 4.38. The van der Waals surface area contributed by atoms with Crippen LogP contribution in [0.1, 0.15) is 29.7 Å². The van der Waals surface area contributed by atoms with Gasteiger partial charge in [0.1, 0.15) is 5.75 Å². The molecule has 0 spiro atoms. The second-order valence-electron chi connectivity index (χ2n) is 8.59. The maximum absolute atomic E-state index is 13.7. The first kappa shape index (κ1) is 23.5. The highest BCUT2D eigenvalue weighted by Crippen LogP contribution is 2.31. The normalized spacial score (nSPS) is 15.3. The molecule has 180 valence electrons. The Bertz CT molecular complexity index is 1630. The van der Waals surface area contributed by atoms with Crippen molar-refractivity contribution in [2.45, 2.75) is 19.9 Å². The van der Waals surface area contributed by atoms with Gasteiger partial charge >= 0.3 is 0 Å². The summed E-state index contributed by atoms with van der Waals surface area (Å²) in [6, 6.07) is 24.1. The number of amides is 1. The summed E-state index contributed by atoms with van der Waals surface area (Å²) in [7, 11) is 1.60. The molecule has 5 rings (SSSR count). The molecule has 0 radical (unpaired) electrons. The molecule has 6 nitrogen and oxygen atoms in total. The van der Waals surface area contributed by atoms with Crippen LogP contribution in [0, 0.1) is 6.92 Å². The van der Waals surface area contributed by atoms with Crippen molar-refractivity contribution in [3.63, 3.8) is 0 Å². The van der Waals surface area contributed by atoms with E-state index in [0.717, 1.165) is 16.7 Å². The quantitative estimate of drug-likeness (QED) is 0.451. The van der Waals surface area contributed by atoms with Crippen LogP contribution in [0.25, 0.3) is 6.08 Å². The van der Waals surface area contributed by atoms with Crippen LogP contribution in [0.4, 0.5) is 5.69 Å². The molecule has 0 aliphatic carbocycles. The van der Waals surface area contributed by atoms with Gasteiger partial charge in [0.2, 0.25) is 0 Å². The molecular formula is C29H25N3O3S. The van der Waals surface area contributed by atoms with Gasteiger partial charge in [-0.1, -0.05) is 71.5 Å². The number of thiazole rings is 1. The first-order chi connectivity index (χ1) is 17.4. The number of aromatic nitrogens is 1. The molecule has 4 aromatic rings. The van der Waals surface area contributed by atoms with Gasteiger partial charge in [-0.3, -0.25) is 14.2 Å². The van der Waals surface area contributed by atoms with E-state index in [9.17, 15) is 9.59 Å². The lowest BCUT2D eigenvalue weighted by Gasteiger charge is -2.25. The minimum absolute atomic E-state index is 0.183. The summed E-state index contributed by atoms with van der Waals surface area (Å²) in [5.74, 6) is 0.401. The van der Waals surface area contributed by atoms with Crippen molar-refractivity contribution in [3.05, 3.63) is 127 Å². The molecule has 0 unspecified atom stereocenters. The number of allylic oxidation sites excluding steroid dienone is 1. The van der Waals surface area contributed by atoms with Crippen molar-refractivity contribution in [1.82, 2.24) is 4.57 Å². The van der Waals surface area contributed by atoms with E-state index in [2.05, 4.69) is 5.32 Å². The average Bonchev–Trinajstić information content (AvgIpc) is 3.19. The van der Waals surface area contributed by atoms with Crippen LogP contribution in [-0.2, 0) is 4.79 Å². The Morgan fingerprint density at radius 3 is 2.36 bits per heavy atom. The number of nitrogens with one attached hydrogen (secondary N) is 1. The van der Waals surface area contributed by atoms with E-state index in [-0.39, 0.29) is 11.5 Å². The highest BCUT2D eigenvalue weighted by Gasteiger charge is 2.32. The maximum atomic E-state index is 13.7. The number of fused-ring (bicyclic) bond motifs is 1. The Labute approximate surface area is 212 Å². The van der Waals surface area contributed by atoms with Gasteiger partial charge in [-0.2, -0.15) is 0 Å². The molecule has 0 saturated carbocycles. The minimum atomic E-state index is -0.629. The number of nitrogens with zero attached hydrogens (tertiary/aromatic N) is 2. The van der Waals surface area contributed by atoms with E-state index in [1.807, 2.05) is 98.8 Å². The van der Waals surface area contributed by atoms with Crippen LogP contribution in [0.15, 0.2) is 99.9 Å². The molecule has 1 aliphatic heterocycles. The largest absolute Gasteiger partial charge is 0.497 e. The van der Waals surface area contributed by atoms with Gasteiger partial charge in [0.05, 0.1) is 29.0 Å². The topological polar surface area (TPSA) is 72.7 Å². The third kappa shape index (κ3) is 4.53. The maximum Gasteiger partial charge on any atom is 0.271 e. The van der Waals surface area contributed by atoms with Crippen LogP contribution in [0.5, 0.6) is 5.75 Å². The first-order valence-electron chi connectivity index (χ1n) is 11.5. The van der Waals surface area contributed by atoms with Crippen LogP contribution < -0.4 is 24.9 Å². The van der Waals surface area contributed by atoms with Gasteiger partial charge < -0.3 is 10.1 Å². The van der Waals surface area contributed by atoms with Gasteiger partial charge in [0.25, 0.3) is 11.5 Å². The number of para-hydroxylation sites is 1. The molecule has 3 aromatic carbocycles. The highest BCUT2D eigenvalue weighted by molar-refractivity contribution is 7.07. The molecular weight excluding hydrogens is 470 g/mol. The van der Waals surface area contributed by atoms with E-state index < -0.39 is 6.04 Å². The Kier molecular flexibility index (Phi) is 6.40. The SMILES string of the molecule is COc1ccc([C@H]2C(C(=O)Nc3ccccc3)=C(C)N=c3s/c(=C/c4ccc(C)cc4)c(=O)n32)cc1. The standard InChI is InChI=1S/C29H25N3O3S/c1-18-9-11-20(12-10-18)17-24-28(34)32-26(21-13-15-23(35-3)16-14-21)25(19(2)30-29(32)36-24)27(33)31-22-7-5-4-6-8-22/h4-17,26H,1-3H3,(H,31,33)/b24-17+/t26-/m0/s1. The molecule has 2 heterocycles. The van der Waals surface area contributed by atoms with Crippen molar-refractivity contribution in [2.75, 3.05) is 12.4 Å². The van der Waals surface area contributed by atoms with Crippen molar-refractivity contribution < 1.29 is 9.53 Å². The first-order valence-corrected chi connectivity index (χ1v) is 12.4. The van der Waals surface area contributed by atoms with Crippen LogP contribution >= 0.6 is 11.3 Å². The zero-order chi connectivity index (χ0) is 25.2. The fraction of sp³-hybridized carbons (Fsp3) is 0.138. The van der Waals surface area contributed by atoms with Crippen molar-refractivity contribution in [3.8, 4) is 5.75 Å². The van der Waals surface area contributed by atoms with Gasteiger partial charge in [0.15, 0.2) is 4.80 Å². The van der Waals surface area contributed by atoms with Gasteiger partial charge in [-0.25, -0.2) is 4.99 Å². The van der Waals surface area contributed by atoms with Crippen LogP contribution in [0.3, 0.4) is 0 Å². The average molecular weight is 496 g/mol. The third-order valence-corrected chi connectivity index (χ3v) is 7.09. The van der Waals surface area contributed by atoms with Crippen LogP contribution in [-0.4, -0.2) is 17.6 Å². The predicted molar refractivity (Wildman–Crippen MR) is 143 cm³/mol. The number of ether oxygens (including phenoxy) is 1. The Morgan fingerprint density at radius 2 is 1.69 bits per heavy atom. The Balaban J connectivity index is 1.67. The second-order valence-corrected chi connectivity index (χ2v) is 9.59. The number of carbonyl (C=O) groups is 1. The van der Waals surface area contributed by atoms with E-state index in [1.165, 1.54) is 11.3 Å². The Morgan fingerprint density at radius 1 is 1.00 bits per heavy atom. The highest BCUT2D eigenvalue weighted by atomic mass is 32.1. The van der Waals surface area contributed by atoms with Gasteiger partial charge in [0, 0.05) is 5.69 Å². The lowest BCUT2D eigenvalue weighted by Crippen LogP contribution is -2.40. The number of methoxy groups -OCH3 is 1. The monoisotopic (exact) mass is 495 g/mol. The van der Waals surface area contributed by atoms with E-state index >= 15 is 0 Å². The molecule has 0 bridgehead atoms. The summed E-state index contributed by atoms with van der Waals surface area (Å²) < 4.78 is 7.51. The summed E-state index contributed by atoms with van der Waals surface area (Å²) in [6.07, 6.45) is 1.87. The van der Waals surface area contributed by atoms with E-state index in [4.69, 9.17) is 9.73 Å². The van der Waals surface area contributed by atoms with Crippen molar-refractivity contribution in [1.29, 1.82) is 0 Å². The Hall–Kier alpha value is -4.23. The van der Waals surface area contributed by atoms with Crippen molar-refractivity contribution in [2.24, 2.45) is 4.99 Å². The zero-order valence-electron chi connectivity index (χ0n) is 20.2. The van der Waals surface area contributed by atoms with Crippen molar-refractivity contribution >= 4 is 29.0 Å². The fourth-order valence-electron chi connectivity index (χ4n) is 4.25. The predicted octanol–water partition coefficient (Wildman–Crippen LogP) is 4.19. The molecule has 0 saturated heterocycles. The molecule has 36 heavy (non-hydrogen) atoms. The molecule has 1 amide bonds. The smallest absolute Gasteiger partial charge is 0.271 e. The van der Waals surface area contributed by atoms with E-state index in [1.54, 1.807) is 11.7 Å². The number of hydrogen-bond donors (Lipinski definition) is 1. The number of anilines is 1. The summed E-state index contributed by atoms with van der Waals surface area (Å²) in [4.78, 5) is 32.5. The minimum Gasteiger partial charge on any atom is -0.497 e. The number of aryl methyl sites for hydroxylation is 1. The number of hydrogen-bond acceptors (Lipinski definition) is 5. The van der Waals surface area contributed by atoms with E-state index in [0.29, 0.717) is 32.0 Å². The third-order valence-electron chi connectivity index (χ3n) is 6.10. The van der Waals surface area contributed by atoms with Gasteiger partial charge in [-0.05, 0) is 55.3 Å². The molecule has 7 heteroatoms. The fourth-order valence-corrected chi connectivity index (χ4v) is 5.29. The summed E-state index contributed by atoms with van der Waals surface area (Å²) in [6.45, 7) is 3.84. The lowest BCUT2D eigenvalue weighted by molar-refractivity contribution is -0.113. The number of rotatable bonds is 5. The summed E-state index contributed by atoms with van der Waals surface area (Å²) in [5, 5.41) is 2.97. The second kappa shape index (κ2) is 9.79. The molecule has 0 fully saturated rings. The molecule has 1 aromatic heterocycles. The number of benzene rings is 3. The molecule has 1 aliphatic rings. The molecule has 1 N–H and O–H groups in total. The zero-order valence-corrected chi connectivity index (χ0v) is 21.0.